The first-order valence-electron chi connectivity index (χ1n) is 6.75. The van der Waals surface area contributed by atoms with Crippen LogP contribution in [0.2, 0.25) is 0 Å². The van der Waals surface area contributed by atoms with Crippen molar-refractivity contribution < 1.29 is 9.84 Å². The average Bonchev–Trinajstić information content (AvgIpc) is 2.46. The predicted octanol–water partition coefficient (Wildman–Crippen LogP) is 2.95. The SMILES string of the molecule is OC1(CNc2ccnc3ccc(Br)cc23)CCOCC1. The van der Waals surface area contributed by atoms with E-state index in [1.54, 1.807) is 6.20 Å². The standard InChI is InChI=1S/C15H17BrN2O2/c16-11-1-2-13-12(9-11)14(3-6-17-13)18-10-15(19)4-7-20-8-5-15/h1-3,6,9,19H,4-5,7-8,10H2,(H,17,18). The van der Waals surface area contributed by atoms with Crippen molar-refractivity contribution in [2.75, 3.05) is 25.1 Å². The van der Waals surface area contributed by atoms with Gasteiger partial charge in [0, 0.05) is 54.3 Å². The highest BCUT2D eigenvalue weighted by Gasteiger charge is 2.29. The minimum absolute atomic E-state index is 0.530. The van der Waals surface area contributed by atoms with Gasteiger partial charge < -0.3 is 15.2 Å². The second-order valence-electron chi connectivity index (χ2n) is 5.21. The van der Waals surface area contributed by atoms with Crippen molar-refractivity contribution in [2.24, 2.45) is 0 Å². The van der Waals surface area contributed by atoms with Gasteiger partial charge in [0.15, 0.2) is 0 Å². The number of nitrogens with zero attached hydrogens (tertiary/aromatic N) is 1. The number of hydrogen-bond donors (Lipinski definition) is 2. The van der Waals surface area contributed by atoms with E-state index < -0.39 is 5.60 Å². The molecule has 0 saturated carbocycles. The lowest BCUT2D eigenvalue weighted by atomic mass is 9.94. The summed E-state index contributed by atoms with van der Waals surface area (Å²) in [7, 11) is 0. The van der Waals surface area contributed by atoms with Crippen molar-refractivity contribution >= 4 is 32.5 Å². The fourth-order valence-corrected chi connectivity index (χ4v) is 2.82. The van der Waals surface area contributed by atoms with E-state index >= 15 is 0 Å². The molecule has 1 saturated heterocycles. The summed E-state index contributed by atoms with van der Waals surface area (Å²) in [5.74, 6) is 0. The van der Waals surface area contributed by atoms with Crippen LogP contribution in [-0.2, 0) is 4.74 Å². The molecule has 1 fully saturated rings. The van der Waals surface area contributed by atoms with Crippen molar-refractivity contribution in [3.63, 3.8) is 0 Å². The van der Waals surface area contributed by atoms with Gasteiger partial charge in [0.05, 0.1) is 11.1 Å². The topological polar surface area (TPSA) is 54.4 Å². The van der Waals surface area contributed by atoms with Crippen LogP contribution in [0.3, 0.4) is 0 Å². The van der Waals surface area contributed by atoms with Crippen molar-refractivity contribution in [2.45, 2.75) is 18.4 Å². The Labute approximate surface area is 126 Å². The van der Waals surface area contributed by atoms with Crippen LogP contribution < -0.4 is 5.32 Å². The van der Waals surface area contributed by atoms with E-state index in [0.717, 1.165) is 21.1 Å². The van der Waals surface area contributed by atoms with Crippen molar-refractivity contribution in [3.8, 4) is 0 Å². The molecule has 1 aliphatic rings. The molecule has 0 radical (unpaired) electrons. The highest BCUT2D eigenvalue weighted by Crippen LogP contribution is 2.27. The van der Waals surface area contributed by atoms with E-state index in [2.05, 4.69) is 26.2 Å². The fraction of sp³-hybridized carbons (Fsp3) is 0.400. The van der Waals surface area contributed by atoms with Crippen LogP contribution in [-0.4, -0.2) is 35.5 Å². The molecule has 5 heteroatoms. The van der Waals surface area contributed by atoms with Gasteiger partial charge in [-0.2, -0.15) is 0 Å². The maximum atomic E-state index is 10.5. The molecule has 1 aliphatic heterocycles. The van der Waals surface area contributed by atoms with E-state index in [1.165, 1.54) is 0 Å². The molecule has 2 aromatic rings. The molecule has 2 N–H and O–H groups in total. The summed E-state index contributed by atoms with van der Waals surface area (Å²) in [6, 6.07) is 7.94. The molecule has 2 heterocycles. The summed E-state index contributed by atoms with van der Waals surface area (Å²) in [5, 5.41) is 14.9. The Morgan fingerprint density at radius 2 is 2.10 bits per heavy atom. The molecule has 106 valence electrons. The molecular formula is C15H17BrN2O2. The normalized spacial score (nSPS) is 18.1. The molecule has 4 nitrogen and oxygen atoms in total. The van der Waals surface area contributed by atoms with Crippen LogP contribution in [0.25, 0.3) is 10.9 Å². The Hall–Kier alpha value is -1.17. The van der Waals surface area contributed by atoms with Crippen LogP contribution in [0.4, 0.5) is 5.69 Å². The third-order valence-electron chi connectivity index (χ3n) is 3.74. The smallest absolute Gasteiger partial charge is 0.0863 e. The van der Waals surface area contributed by atoms with Gasteiger partial charge in [-0.25, -0.2) is 0 Å². The lowest BCUT2D eigenvalue weighted by Crippen LogP contribution is -2.42. The summed E-state index contributed by atoms with van der Waals surface area (Å²) < 4.78 is 6.32. The lowest BCUT2D eigenvalue weighted by molar-refractivity contribution is -0.0543. The average molecular weight is 337 g/mol. The Morgan fingerprint density at radius 1 is 1.30 bits per heavy atom. The van der Waals surface area contributed by atoms with Gasteiger partial charge in [0.1, 0.15) is 0 Å². The Kier molecular flexibility index (Phi) is 3.92. The number of aliphatic hydroxyl groups is 1. The van der Waals surface area contributed by atoms with Gasteiger partial charge >= 0.3 is 0 Å². The molecule has 1 aromatic carbocycles. The first-order chi connectivity index (χ1) is 9.66. The number of nitrogens with one attached hydrogen (secondary N) is 1. The Balaban J connectivity index is 1.82. The second kappa shape index (κ2) is 5.68. The number of pyridine rings is 1. The summed E-state index contributed by atoms with van der Waals surface area (Å²) in [6.07, 6.45) is 3.13. The number of rotatable bonds is 3. The van der Waals surface area contributed by atoms with E-state index in [1.807, 2.05) is 24.3 Å². The molecule has 20 heavy (non-hydrogen) atoms. The van der Waals surface area contributed by atoms with Gasteiger partial charge in [-0.05, 0) is 24.3 Å². The third-order valence-corrected chi connectivity index (χ3v) is 4.23. The van der Waals surface area contributed by atoms with E-state index in [0.29, 0.717) is 32.6 Å². The zero-order valence-corrected chi connectivity index (χ0v) is 12.7. The fourth-order valence-electron chi connectivity index (χ4n) is 2.46. The quantitative estimate of drug-likeness (QED) is 0.904. The van der Waals surface area contributed by atoms with Gasteiger partial charge in [-0.1, -0.05) is 15.9 Å². The maximum absolute atomic E-state index is 10.5. The van der Waals surface area contributed by atoms with Crippen molar-refractivity contribution in [3.05, 3.63) is 34.9 Å². The highest BCUT2D eigenvalue weighted by molar-refractivity contribution is 9.10. The molecule has 0 atom stereocenters. The van der Waals surface area contributed by atoms with Gasteiger partial charge in [0.25, 0.3) is 0 Å². The van der Waals surface area contributed by atoms with Crippen molar-refractivity contribution in [1.82, 2.24) is 4.98 Å². The summed E-state index contributed by atoms with van der Waals surface area (Å²) >= 11 is 3.48. The number of anilines is 1. The number of benzene rings is 1. The number of ether oxygens (including phenoxy) is 1. The molecule has 0 amide bonds. The second-order valence-corrected chi connectivity index (χ2v) is 6.13. The van der Waals surface area contributed by atoms with Gasteiger partial charge in [-0.3, -0.25) is 4.98 Å². The number of hydrogen-bond acceptors (Lipinski definition) is 4. The molecule has 3 rings (SSSR count). The van der Waals surface area contributed by atoms with Gasteiger partial charge in [0.2, 0.25) is 0 Å². The number of aromatic nitrogens is 1. The first kappa shape index (κ1) is 13.8. The van der Waals surface area contributed by atoms with Crippen molar-refractivity contribution in [1.29, 1.82) is 0 Å². The molecule has 0 unspecified atom stereocenters. The highest BCUT2D eigenvalue weighted by atomic mass is 79.9. The van der Waals surface area contributed by atoms with E-state index in [-0.39, 0.29) is 0 Å². The molecule has 0 spiro atoms. The molecule has 0 bridgehead atoms. The summed E-state index contributed by atoms with van der Waals surface area (Å²) in [6.45, 7) is 1.78. The largest absolute Gasteiger partial charge is 0.388 e. The van der Waals surface area contributed by atoms with E-state index in [9.17, 15) is 5.11 Å². The van der Waals surface area contributed by atoms with Crippen LogP contribution in [0.1, 0.15) is 12.8 Å². The zero-order chi connectivity index (χ0) is 14.0. The minimum atomic E-state index is -0.681. The lowest BCUT2D eigenvalue weighted by Gasteiger charge is -2.32. The first-order valence-corrected chi connectivity index (χ1v) is 7.54. The van der Waals surface area contributed by atoms with E-state index in [4.69, 9.17) is 4.74 Å². The van der Waals surface area contributed by atoms with Crippen LogP contribution in [0.15, 0.2) is 34.9 Å². The predicted molar refractivity (Wildman–Crippen MR) is 82.9 cm³/mol. The van der Waals surface area contributed by atoms with Crippen LogP contribution in [0.5, 0.6) is 0 Å². The number of halogens is 1. The molecule has 1 aromatic heterocycles. The van der Waals surface area contributed by atoms with Crippen LogP contribution in [0, 0.1) is 0 Å². The summed E-state index contributed by atoms with van der Waals surface area (Å²) in [4.78, 5) is 4.35. The monoisotopic (exact) mass is 336 g/mol. The van der Waals surface area contributed by atoms with Gasteiger partial charge in [-0.15, -0.1) is 0 Å². The minimum Gasteiger partial charge on any atom is -0.388 e. The summed E-state index contributed by atoms with van der Waals surface area (Å²) in [5.41, 5.74) is 1.26. The maximum Gasteiger partial charge on any atom is 0.0863 e. The molecule has 0 aliphatic carbocycles. The Morgan fingerprint density at radius 3 is 2.90 bits per heavy atom. The Bertz CT molecular complexity index is 612. The number of fused-ring (bicyclic) bond motifs is 1. The van der Waals surface area contributed by atoms with Crippen LogP contribution >= 0.6 is 15.9 Å². The molecular weight excluding hydrogens is 320 g/mol. The third kappa shape index (κ3) is 2.95. The zero-order valence-electron chi connectivity index (χ0n) is 11.1.